The maximum Gasteiger partial charge on any atom is 0.256 e. The summed E-state index contributed by atoms with van der Waals surface area (Å²) in [6.07, 6.45) is 21.2. The quantitative estimate of drug-likeness (QED) is 0.151. The van der Waals surface area contributed by atoms with E-state index in [2.05, 4.69) is 70.8 Å². The Morgan fingerprint density at radius 3 is 1.83 bits per heavy atom. The van der Waals surface area contributed by atoms with Crippen LogP contribution in [0.25, 0.3) is 0 Å². The molecule has 1 N–H and O–H groups in total. The average molecular weight is 432 g/mol. The fourth-order valence-electron chi connectivity index (χ4n) is 2.90. The van der Waals surface area contributed by atoms with Gasteiger partial charge in [-0.3, -0.25) is 0 Å². The SMILES string of the molecule is C=CCCCCNC(=S)OC/C=C(\C)CC/C=C(\C)CC/C=C(\C)CCC=C(C)C. The fourth-order valence-corrected chi connectivity index (χ4v) is 3.07. The molecule has 0 unspecified atom stereocenters. The number of allylic oxidation sites excluding steroid dienone is 8. The van der Waals surface area contributed by atoms with Crippen LogP contribution in [0.3, 0.4) is 0 Å². The molecule has 170 valence electrons. The van der Waals surface area contributed by atoms with Crippen LogP contribution in [0.15, 0.2) is 59.3 Å². The van der Waals surface area contributed by atoms with Gasteiger partial charge in [0.25, 0.3) is 5.17 Å². The second-order valence-corrected chi connectivity index (χ2v) is 8.73. The van der Waals surface area contributed by atoms with E-state index in [1.807, 2.05) is 6.08 Å². The van der Waals surface area contributed by atoms with Crippen molar-refractivity contribution >= 4 is 17.4 Å². The van der Waals surface area contributed by atoms with Gasteiger partial charge in [-0.05, 0) is 111 Å². The first kappa shape index (κ1) is 28.4. The molecule has 0 amide bonds. The van der Waals surface area contributed by atoms with Crippen molar-refractivity contribution in [1.29, 1.82) is 0 Å². The van der Waals surface area contributed by atoms with E-state index in [0.29, 0.717) is 11.8 Å². The predicted molar refractivity (Wildman–Crippen MR) is 139 cm³/mol. The van der Waals surface area contributed by atoms with Crippen LogP contribution in [-0.2, 0) is 4.74 Å². The van der Waals surface area contributed by atoms with Gasteiger partial charge in [0.1, 0.15) is 6.61 Å². The van der Waals surface area contributed by atoms with E-state index in [1.165, 1.54) is 28.7 Å². The number of thiocarbonyl (C=S) groups is 1. The minimum absolute atomic E-state index is 0.498. The van der Waals surface area contributed by atoms with Gasteiger partial charge in [-0.15, -0.1) is 6.58 Å². The van der Waals surface area contributed by atoms with Gasteiger partial charge < -0.3 is 10.1 Å². The lowest BCUT2D eigenvalue weighted by atomic mass is 10.0. The summed E-state index contributed by atoms with van der Waals surface area (Å²) in [4.78, 5) is 0. The first-order valence-corrected chi connectivity index (χ1v) is 11.9. The molecule has 0 aromatic heterocycles. The van der Waals surface area contributed by atoms with Crippen molar-refractivity contribution in [3.63, 3.8) is 0 Å². The highest BCUT2D eigenvalue weighted by atomic mass is 32.1. The highest BCUT2D eigenvalue weighted by Crippen LogP contribution is 2.13. The maximum absolute atomic E-state index is 5.56. The Morgan fingerprint density at radius 1 is 0.767 bits per heavy atom. The van der Waals surface area contributed by atoms with Crippen molar-refractivity contribution in [3.8, 4) is 0 Å². The summed E-state index contributed by atoms with van der Waals surface area (Å²) in [6, 6.07) is 0. The molecule has 0 bridgehead atoms. The third-order valence-corrected chi connectivity index (χ3v) is 5.17. The summed E-state index contributed by atoms with van der Waals surface area (Å²) >= 11 is 5.20. The normalized spacial score (nSPS) is 12.5. The van der Waals surface area contributed by atoms with Gasteiger partial charge in [0, 0.05) is 6.54 Å². The molecule has 3 heteroatoms. The van der Waals surface area contributed by atoms with Crippen LogP contribution in [0.1, 0.15) is 92.4 Å². The van der Waals surface area contributed by atoms with Gasteiger partial charge in [0.15, 0.2) is 0 Å². The molecule has 0 aliphatic rings. The zero-order valence-corrected chi connectivity index (χ0v) is 21.0. The third-order valence-electron chi connectivity index (χ3n) is 4.90. The molecule has 0 atom stereocenters. The molecule has 0 fully saturated rings. The Kier molecular flexibility index (Phi) is 18.3. The highest BCUT2D eigenvalue weighted by molar-refractivity contribution is 7.80. The van der Waals surface area contributed by atoms with E-state index < -0.39 is 0 Å². The van der Waals surface area contributed by atoms with Gasteiger partial charge in [-0.2, -0.15) is 0 Å². The molecule has 0 rings (SSSR count). The first-order chi connectivity index (χ1) is 14.3. The van der Waals surface area contributed by atoms with Crippen LogP contribution in [0.5, 0.6) is 0 Å². The molecular formula is C27H45NOS. The van der Waals surface area contributed by atoms with Gasteiger partial charge in [0.2, 0.25) is 0 Å². The monoisotopic (exact) mass is 431 g/mol. The van der Waals surface area contributed by atoms with E-state index in [9.17, 15) is 0 Å². The zero-order valence-electron chi connectivity index (χ0n) is 20.2. The second kappa shape index (κ2) is 19.4. The van der Waals surface area contributed by atoms with E-state index in [0.717, 1.165) is 57.9 Å². The number of rotatable bonds is 16. The molecular weight excluding hydrogens is 386 g/mol. The van der Waals surface area contributed by atoms with Crippen molar-refractivity contribution in [2.45, 2.75) is 92.4 Å². The molecule has 0 aromatic rings. The number of hydrogen-bond acceptors (Lipinski definition) is 2. The van der Waals surface area contributed by atoms with Gasteiger partial charge in [-0.1, -0.05) is 46.6 Å². The highest BCUT2D eigenvalue weighted by Gasteiger charge is 1.96. The number of nitrogens with one attached hydrogen (secondary N) is 1. The van der Waals surface area contributed by atoms with Gasteiger partial charge >= 0.3 is 0 Å². The smallest absolute Gasteiger partial charge is 0.256 e. The topological polar surface area (TPSA) is 21.3 Å². The van der Waals surface area contributed by atoms with Crippen LogP contribution in [0.4, 0.5) is 0 Å². The first-order valence-electron chi connectivity index (χ1n) is 11.5. The lowest BCUT2D eigenvalue weighted by Crippen LogP contribution is -2.25. The standard InChI is InChI=1S/C27H45NOS/c1-7-8-9-10-21-28-27(30)29-22-20-26(6)19-13-18-25(5)17-12-16-24(4)15-11-14-23(2)3/h7,14,16,18,20H,1,8-13,15,17,19,21-22H2,2-6H3,(H,28,30)/b24-16+,25-18+,26-20+. The van der Waals surface area contributed by atoms with Crippen molar-refractivity contribution in [3.05, 3.63) is 59.3 Å². The molecule has 0 saturated heterocycles. The molecule has 0 aromatic carbocycles. The lowest BCUT2D eigenvalue weighted by Gasteiger charge is -2.08. The molecule has 2 nitrogen and oxygen atoms in total. The van der Waals surface area contributed by atoms with Gasteiger partial charge in [-0.25, -0.2) is 0 Å². The Labute approximate surface area is 192 Å². The third kappa shape index (κ3) is 19.7. The molecule has 0 saturated carbocycles. The average Bonchev–Trinajstić information content (AvgIpc) is 2.67. The Morgan fingerprint density at radius 2 is 1.30 bits per heavy atom. The van der Waals surface area contributed by atoms with Crippen LogP contribution in [-0.4, -0.2) is 18.3 Å². The van der Waals surface area contributed by atoms with E-state index in [-0.39, 0.29) is 0 Å². The van der Waals surface area contributed by atoms with Crippen molar-refractivity contribution < 1.29 is 4.74 Å². The molecule has 30 heavy (non-hydrogen) atoms. The van der Waals surface area contributed by atoms with E-state index in [4.69, 9.17) is 17.0 Å². The van der Waals surface area contributed by atoms with Crippen LogP contribution in [0, 0.1) is 0 Å². The molecule has 0 heterocycles. The summed E-state index contributed by atoms with van der Waals surface area (Å²) in [7, 11) is 0. The number of hydrogen-bond donors (Lipinski definition) is 1. The van der Waals surface area contributed by atoms with E-state index >= 15 is 0 Å². The predicted octanol–water partition coefficient (Wildman–Crippen LogP) is 8.38. The van der Waals surface area contributed by atoms with Crippen molar-refractivity contribution in [1.82, 2.24) is 5.32 Å². The van der Waals surface area contributed by atoms with Crippen LogP contribution in [0.2, 0.25) is 0 Å². The number of unbranched alkanes of at least 4 members (excludes halogenated alkanes) is 2. The summed E-state index contributed by atoms with van der Waals surface area (Å²) in [5, 5.41) is 3.64. The van der Waals surface area contributed by atoms with Crippen LogP contribution >= 0.6 is 12.2 Å². The lowest BCUT2D eigenvalue weighted by molar-refractivity contribution is 0.340. The summed E-state index contributed by atoms with van der Waals surface area (Å²) in [5.74, 6) is 0. The Balaban J connectivity index is 3.94. The molecule has 0 aliphatic heterocycles. The second-order valence-electron chi connectivity index (χ2n) is 8.36. The summed E-state index contributed by atoms with van der Waals surface area (Å²) in [5.41, 5.74) is 5.74. The minimum atomic E-state index is 0.498. The fraction of sp³-hybridized carbons (Fsp3) is 0.593. The molecule has 0 aliphatic carbocycles. The minimum Gasteiger partial charge on any atom is -0.467 e. The summed E-state index contributed by atoms with van der Waals surface area (Å²) < 4.78 is 5.56. The van der Waals surface area contributed by atoms with E-state index in [1.54, 1.807) is 0 Å². The summed E-state index contributed by atoms with van der Waals surface area (Å²) in [6.45, 7) is 16.1. The van der Waals surface area contributed by atoms with Crippen molar-refractivity contribution in [2.75, 3.05) is 13.2 Å². The Hall–Kier alpha value is -1.61. The number of ether oxygens (including phenoxy) is 1. The zero-order chi connectivity index (χ0) is 22.6. The van der Waals surface area contributed by atoms with Crippen LogP contribution < -0.4 is 5.32 Å². The Bertz CT molecular complexity index is 606. The molecule has 0 spiro atoms. The van der Waals surface area contributed by atoms with Gasteiger partial charge in [0.05, 0.1) is 0 Å². The maximum atomic E-state index is 5.56. The largest absolute Gasteiger partial charge is 0.467 e. The molecule has 0 radical (unpaired) electrons. The van der Waals surface area contributed by atoms with Crippen molar-refractivity contribution in [2.24, 2.45) is 0 Å².